The molecule has 0 aliphatic carbocycles. The summed E-state index contributed by atoms with van der Waals surface area (Å²) in [5.41, 5.74) is 0.782. The van der Waals surface area contributed by atoms with Crippen molar-refractivity contribution in [2.45, 2.75) is 13.0 Å². The summed E-state index contributed by atoms with van der Waals surface area (Å²) in [5, 5.41) is 23.1. The van der Waals surface area contributed by atoms with Gasteiger partial charge in [0, 0.05) is 24.3 Å². The molecule has 0 fully saturated rings. The topological polar surface area (TPSA) is 102 Å². The first-order valence-electron chi connectivity index (χ1n) is 6.11. The number of hydrogen-bond donors (Lipinski definition) is 3. The molecule has 1 aromatic carbocycles. The second kappa shape index (κ2) is 8.61. The predicted molar refractivity (Wildman–Crippen MR) is 77.3 cm³/mol. The first-order chi connectivity index (χ1) is 10.0. The fraction of sp³-hybridized carbons (Fsp3) is 0.214. The van der Waals surface area contributed by atoms with Crippen molar-refractivity contribution in [2.75, 3.05) is 6.54 Å². The van der Waals surface area contributed by atoms with Gasteiger partial charge in [0.2, 0.25) is 0 Å². The van der Waals surface area contributed by atoms with E-state index in [1.807, 2.05) is 6.07 Å². The highest BCUT2D eigenvalue weighted by molar-refractivity contribution is 6.30. The largest absolute Gasteiger partial charge is 0.481 e. The molecular weight excluding hydrogens is 294 g/mol. The van der Waals surface area contributed by atoms with Crippen molar-refractivity contribution in [2.24, 2.45) is 0 Å². The molecule has 0 bridgehead atoms. The van der Waals surface area contributed by atoms with E-state index in [1.54, 1.807) is 24.3 Å². The van der Waals surface area contributed by atoms with Crippen LogP contribution in [0.1, 0.15) is 12.0 Å². The molecule has 3 N–H and O–H groups in total. The molecule has 0 aliphatic heterocycles. The molecule has 0 saturated carbocycles. The van der Waals surface area contributed by atoms with Crippen molar-refractivity contribution in [3.8, 4) is 6.07 Å². The molecule has 0 unspecified atom stereocenters. The fourth-order valence-electron chi connectivity index (χ4n) is 1.44. The van der Waals surface area contributed by atoms with Crippen LogP contribution in [0, 0.1) is 11.3 Å². The van der Waals surface area contributed by atoms with Gasteiger partial charge in [-0.25, -0.2) is 0 Å². The third-order valence-electron chi connectivity index (χ3n) is 2.43. The lowest BCUT2D eigenvalue weighted by atomic mass is 10.2. The van der Waals surface area contributed by atoms with Crippen molar-refractivity contribution >= 4 is 23.5 Å². The van der Waals surface area contributed by atoms with Crippen molar-refractivity contribution in [3.63, 3.8) is 0 Å². The van der Waals surface area contributed by atoms with Gasteiger partial charge >= 0.3 is 5.97 Å². The van der Waals surface area contributed by atoms with Gasteiger partial charge in [-0.2, -0.15) is 5.26 Å². The molecular formula is C14H14ClN3O3. The third kappa shape index (κ3) is 6.45. The van der Waals surface area contributed by atoms with Crippen molar-refractivity contribution in [3.05, 3.63) is 46.6 Å². The molecule has 110 valence electrons. The third-order valence-corrected chi connectivity index (χ3v) is 2.67. The molecule has 0 saturated heterocycles. The first-order valence-corrected chi connectivity index (χ1v) is 6.49. The molecule has 0 heterocycles. The van der Waals surface area contributed by atoms with E-state index in [-0.39, 0.29) is 18.5 Å². The van der Waals surface area contributed by atoms with E-state index in [2.05, 4.69) is 10.6 Å². The zero-order valence-electron chi connectivity index (χ0n) is 11.1. The van der Waals surface area contributed by atoms with Crippen LogP contribution in [0.3, 0.4) is 0 Å². The second-order valence-electron chi connectivity index (χ2n) is 4.08. The first kappa shape index (κ1) is 16.5. The number of nitrogens with zero attached hydrogens (tertiary/aromatic N) is 1. The number of nitriles is 1. The Morgan fingerprint density at radius 3 is 2.81 bits per heavy atom. The summed E-state index contributed by atoms with van der Waals surface area (Å²) < 4.78 is 0. The number of aliphatic carboxylic acids is 1. The summed E-state index contributed by atoms with van der Waals surface area (Å²) in [6.45, 7) is 0.385. The van der Waals surface area contributed by atoms with Crippen LogP contribution in [0.25, 0.3) is 0 Å². The number of carbonyl (C=O) groups excluding carboxylic acids is 1. The van der Waals surface area contributed by atoms with Gasteiger partial charge < -0.3 is 15.7 Å². The van der Waals surface area contributed by atoms with E-state index < -0.39 is 11.9 Å². The summed E-state index contributed by atoms with van der Waals surface area (Å²) in [6, 6.07) is 8.91. The van der Waals surface area contributed by atoms with Gasteiger partial charge in [0.25, 0.3) is 5.91 Å². The van der Waals surface area contributed by atoms with Gasteiger partial charge in [-0.05, 0) is 17.7 Å². The van der Waals surface area contributed by atoms with Crippen LogP contribution < -0.4 is 10.6 Å². The maximum absolute atomic E-state index is 11.6. The monoisotopic (exact) mass is 307 g/mol. The number of rotatable bonds is 7. The zero-order chi connectivity index (χ0) is 15.7. The molecule has 1 rings (SSSR count). The van der Waals surface area contributed by atoms with Gasteiger partial charge in [-0.15, -0.1) is 0 Å². The number of carbonyl (C=O) groups is 2. The number of benzene rings is 1. The van der Waals surface area contributed by atoms with Crippen molar-refractivity contribution in [1.82, 2.24) is 10.6 Å². The standard InChI is InChI=1S/C14H14ClN3O3/c15-12-3-1-2-10(6-12)8-17-9-11(7-16)14(21)18-5-4-13(19)20/h1-3,6,9,17H,4-5,8H2,(H,18,21)(H,19,20)/b11-9-. The van der Waals surface area contributed by atoms with Crippen LogP contribution in [-0.2, 0) is 16.1 Å². The average molecular weight is 308 g/mol. The van der Waals surface area contributed by atoms with E-state index in [0.717, 1.165) is 5.56 Å². The quantitative estimate of drug-likeness (QED) is 0.522. The summed E-state index contributed by atoms with van der Waals surface area (Å²) in [7, 11) is 0. The smallest absolute Gasteiger partial charge is 0.305 e. The molecule has 6 nitrogen and oxygen atoms in total. The highest BCUT2D eigenvalue weighted by Gasteiger charge is 2.08. The van der Waals surface area contributed by atoms with Gasteiger partial charge in [0.05, 0.1) is 6.42 Å². The van der Waals surface area contributed by atoms with Crippen LogP contribution >= 0.6 is 11.6 Å². The molecule has 0 aromatic heterocycles. The predicted octanol–water partition coefficient (Wildman–Crippen LogP) is 1.43. The Bertz CT molecular complexity index is 593. The molecule has 0 aliphatic rings. The number of halogens is 1. The van der Waals surface area contributed by atoms with E-state index in [4.69, 9.17) is 22.0 Å². The van der Waals surface area contributed by atoms with Gasteiger partial charge in [-0.1, -0.05) is 23.7 Å². The minimum Gasteiger partial charge on any atom is -0.481 e. The number of carboxylic acids is 1. The molecule has 0 spiro atoms. The lowest BCUT2D eigenvalue weighted by Crippen LogP contribution is -2.27. The van der Waals surface area contributed by atoms with Gasteiger partial charge in [-0.3, -0.25) is 9.59 Å². The Labute approximate surface area is 127 Å². The van der Waals surface area contributed by atoms with Gasteiger partial charge in [0.15, 0.2) is 0 Å². The highest BCUT2D eigenvalue weighted by atomic mass is 35.5. The van der Waals surface area contributed by atoms with Crippen LogP contribution in [0.4, 0.5) is 0 Å². The minimum absolute atomic E-state index is 0.0263. The number of nitrogens with one attached hydrogen (secondary N) is 2. The molecule has 1 aromatic rings. The Hall–Kier alpha value is -2.52. The SMILES string of the molecule is N#C/C(=C/NCc1cccc(Cl)c1)C(=O)NCCC(=O)O. The van der Waals surface area contributed by atoms with Crippen LogP contribution in [-0.4, -0.2) is 23.5 Å². The highest BCUT2D eigenvalue weighted by Crippen LogP contribution is 2.10. The van der Waals surface area contributed by atoms with E-state index in [9.17, 15) is 9.59 Å². The Kier molecular flexibility index (Phi) is 6.78. The molecule has 0 radical (unpaired) electrons. The minimum atomic E-state index is -1.02. The maximum atomic E-state index is 11.6. The second-order valence-corrected chi connectivity index (χ2v) is 4.52. The fourth-order valence-corrected chi connectivity index (χ4v) is 1.66. The lowest BCUT2D eigenvalue weighted by Gasteiger charge is -2.04. The Morgan fingerprint density at radius 2 is 2.19 bits per heavy atom. The average Bonchev–Trinajstić information content (AvgIpc) is 2.43. The van der Waals surface area contributed by atoms with Gasteiger partial charge in [0.1, 0.15) is 11.6 Å². The molecule has 21 heavy (non-hydrogen) atoms. The molecule has 0 atom stereocenters. The van der Waals surface area contributed by atoms with Crippen molar-refractivity contribution < 1.29 is 14.7 Å². The molecule has 1 amide bonds. The molecule has 7 heteroatoms. The van der Waals surface area contributed by atoms with E-state index >= 15 is 0 Å². The Morgan fingerprint density at radius 1 is 1.43 bits per heavy atom. The zero-order valence-corrected chi connectivity index (χ0v) is 11.9. The van der Waals surface area contributed by atoms with Crippen LogP contribution in [0.15, 0.2) is 36.0 Å². The maximum Gasteiger partial charge on any atom is 0.305 e. The normalized spacial score (nSPS) is 10.6. The Balaban J connectivity index is 2.50. The number of amides is 1. The summed E-state index contributed by atoms with van der Waals surface area (Å²) in [5.74, 6) is -1.63. The van der Waals surface area contributed by atoms with E-state index in [1.165, 1.54) is 6.20 Å². The van der Waals surface area contributed by atoms with Crippen LogP contribution in [0.2, 0.25) is 5.02 Å². The van der Waals surface area contributed by atoms with Crippen molar-refractivity contribution in [1.29, 1.82) is 5.26 Å². The van der Waals surface area contributed by atoms with Crippen LogP contribution in [0.5, 0.6) is 0 Å². The summed E-state index contributed by atoms with van der Waals surface area (Å²) >= 11 is 5.84. The number of carboxylic acid groups (broad SMARTS) is 1. The number of hydrogen-bond acceptors (Lipinski definition) is 4. The summed E-state index contributed by atoms with van der Waals surface area (Å²) in [4.78, 5) is 21.9. The van der Waals surface area contributed by atoms with E-state index in [0.29, 0.717) is 11.6 Å². The lowest BCUT2D eigenvalue weighted by molar-refractivity contribution is -0.136. The summed E-state index contributed by atoms with van der Waals surface area (Å²) in [6.07, 6.45) is 1.09.